The highest BCUT2D eigenvalue weighted by Gasteiger charge is 2.25. The molecule has 1 heterocycles. The van der Waals surface area contributed by atoms with Crippen LogP contribution in [-0.4, -0.2) is 30.4 Å². The van der Waals surface area contributed by atoms with Gasteiger partial charge >= 0.3 is 0 Å². The molecular weight excluding hydrogens is 248 g/mol. The molecule has 3 rings (SSSR count). The van der Waals surface area contributed by atoms with Crippen molar-refractivity contribution in [2.75, 3.05) is 18.9 Å². The Morgan fingerprint density at radius 3 is 2.80 bits per heavy atom. The quantitative estimate of drug-likeness (QED) is 0.894. The third-order valence-corrected chi connectivity index (χ3v) is 4.75. The molecule has 0 radical (unpaired) electrons. The van der Waals surface area contributed by atoms with Crippen molar-refractivity contribution in [2.45, 2.75) is 51.0 Å². The summed E-state index contributed by atoms with van der Waals surface area (Å²) in [5.41, 5.74) is 3.22. The monoisotopic (exact) mass is 272 g/mol. The maximum absolute atomic E-state index is 12.8. The molecule has 0 unspecified atom stereocenters. The van der Waals surface area contributed by atoms with E-state index in [4.69, 9.17) is 0 Å². The summed E-state index contributed by atoms with van der Waals surface area (Å²) in [6.07, 6.45) is 8.39. The van der Waals surface area contributed by atoms with E-state index in [1.54, 1.807) is 0 Å². The third kappa shape index (κ3) is 2.54. The number of nitrogens with zero attached hydrogens (tertiary/aromatic N) is 1. The van der Waals surface area contributed by atoms with E-state index in [0.29, 0.717) is 6.04 Å². The zero-order valence-electron chi connectivity index (χ0n) is 12.3. The smallest absolute Gasteiger partial charge is 0.255 e. The lowest BCUT2D eigenvalue weighted by atomic mass is 9.93. The number of carbonyl (C=O) groups excluding carboxylic acids is 1. The zero-order chi connectivity index (χ0) is 13.9. The van der Waals surface area contributed by atoms with E-state index in [9.17, 15) is 4.79 Å². The first-order chi connectivity index (χ1) is 9.77. The molecule has 1 aliphatic carbocycles. The highest BCUT2D eigenvalue weighted by molar-refractivity contribution is 6.00. The van der Waals surface area contributed by atoms with Crippen LogP contribution >= 0.6 is 0 Å². The number of para-hydroxylation sites is 1. The Bertz CT molecular complexity index is 492. The summed E-state index contributed by atoms with van der Waals surface area (Å²) in [4.78, 5) is 14.8. The zero-order valence-corrected chi connectivity index (χ0v) is 12.3. The first-order valence-corrected chi connectivity index (χ1v) is 7.90. The van der Waals surface area contributed by atoms with Crippen LogP contribution in [0.3, 0.4) is 0 Å². The SMILES string of the molecule is CN(C(=O)c1cccc2c1NCCC2)C1CCCCC1. The van der Waals surface area contributed by atoms with E-state index in [-0.39, 0.29) is 5.91 Å². The maximum atomic E-state index is 12.8. The lowest BCUT2D eigenvalue weighted by Gasteiger charge is -2.32. The van der Waals surface area contributed by atoms with Gasteiger partial charge in [0, 0.05) is 19.6 Å². The summed E-state index contributed by atoms with van der Waals surface area (Å²) in [6, 6.07) is 6.56. The van der Waals surface area contributed by atoms with Gasteiger partial charge in [-0.2, -0.15) is 0 Å². The van der Waals surface area contributed by atoms with Gasteiger partial charge in [0.1, 0.15) is 0 Å². The Morgan fingerprint density at radius 1 is 1.20 bits per heavy atom. The summed E-state index contributed by atoms with van der Waals surface area (Å²) in [5.74, 6) is 0.183. The van der Waals surface area contributed by atoms with Gasteiger partial charge in [0.05, 0.1) is 11.3 Å². The van der Waals surface area contributed by atoms with Crippen LogP contribution in [0, 0.1) is 0 Å². The fourth-order valence-corrected chi connectivity index (χ4v) is 3.51. The third-order valence-electron chi connectivity index (χ3n) is 4.75. The lowest BCUT2D eigenvalue weighted by Crippen LogP contribution is -2.38. The van der Waals surface area contributed by atoms with Gasteiger partial charge in [-0.1, -0.05) is 31.4 Å². The molecule has 0 spiro atoms. The van der Waals surface area contributed by atoms with Crippen LogP contribution in [0.25, 0.3) is 0 Å². The molecule has 1 N–H and O–H groups in total. The number of benzene rings is 1. The number of aryl methyl sites for hydroxylation is 1. The minimum Gasteiger partial charge on any atom is -0.384 e. The molecule has 1 amide bonds. The van der Waals surface area contributed by atoms with Crippen molar-refractivity contribution in [3.05, 3.63) is 29.3 Å². The Balaban J connectivity index is 1.83. The highest BCUT2D eigenvalue weighted by Crippen LogP contribution is 2.29. The summed E-state index contributed by atoms with van der Waals surface area (Å²) >= 11 is 0. The Kier molecular flexibility index (Phi) is 3.95. The lowest BCUT2D eigenvalue weighted by molar-refractivity contribution is 0.0697. The molecule has 2 aliphatic rings. The molecule has 20 heavy (non-hydrogen) atoms. The number of rotatable bonds is 2. The molecule has 0 saturated heterocycles. The number of hydrogen-bond donors (Lipinski definition) is 1. The van der Waals surface area contributed by atoms with Crippen LogP contribution in [0.2, 0.25) is 0 Å². The molecule has 0 bridgehead atoms. The maximum Gasteiger partial charge on any atom is 0.255 e. The number of fused-ring (bicyclic) bond motifs is 1. The largest absolute Gasteiger partial charge is 0.384 e. The first kappa shape index (κ1) is 13.5. The van der Waals surface area contributed by atoms with Crippen molar-refractivity contribution in [2.24, 2.45) is 0 Å². The van der Waals surface area contributed by atoms with Gasteiger partial charge in [0.15, 0.2) is 0 Å². The molecule has 1 aromatic rings. The van der Waals surface area contributed by atoms with E-state index in [0.717, 1.165) is 43.5 Å². The summed E-state index contributed by atoms with van der Waals surface area (Å²) in [5, 5.41) is 3.42. The Morgan fingerprint density at radius 2 is 2.00 bits per heavy atom. The van der Waals surface area contributed by atoms with Crippen molar-refractivity contribution in [3.8, 4) is 0 Å². The number of amides is 1. The van der Waals surface area contributed by atoms with E-state index in [1.807, 2.05) is 24.1 Å². The van der Waals surface area contributed by atoms with Crippen molar-refractivity contribution in [1.82, 2.24) is 4.90 Å². The fourth-order valence-electron chi connectivity index (χ4n) is 3.51. The van der Waals surface area contributed by atoms with Crippen molar-refractivity contribution in [3.63, 3.8) is 0 Å². The van der Waals surface area contributed by atoms with E-state index < -0.39 is 0 Å². The van der Waals surface area contributed by atoms with Gasteiger partial charge in [0.25, 0.3) is 5.91 Å². The Labute approximate surface area is 121 Å². The van der Waals surface area contributed by atoms with Crippen LogP contribution in [0.15, 0.2) is 18.2 Å². The first-order valence-electron chi connectivity index (χ1n) is 7.90. The van der Waals surface area contributed by atoms with E-state index >= 15 is 0 Å². The summed E-state index contributed by atoms with van der Waals surface area (Å²) in [7, 11) is 1.97. The number of hydrogen-bond acceptors (Lipinski definition) is 2. The molecule has 108 valence electrons. The average Bonchev–Trinajstić information content (AvgIpc) is 2.54. The van der Waals surface area contributed by atoms with Crippen LogP contribution in [-0.2, 0) is 6.42 Å². The number of carbonyl (C=O) groups is 1. The molecule has 1 fully saturated rings. The molecule has 3 nitrogen and oxygen atoms in total. The molecular formula is C17H24N2O. The average molecular weight is 272 g/mol. The second kappa shape index (κ2) is 5.86. The molecule has 1 aliphatic heterocycles. The predicted octanol–water partition coefficient (Wildman–Crippen LogP) is 3.45. The van der Waals surface area contributed by atoms with Crippen LogP contribution in [0.4, 0.5) is 5.69 Å². The fraction of sp³-hybridized carbons (Fsp3) is 0.588. The highest BCUT2D eigenvalue weighted by atomic mass is 16.2. The minimum atomic E-state index is 0.183. The van der Waals surface area contributed by atoms with Gasteiger partial charge in [-0.15, -0.1) is 0 Å². The van der Waals surface area contributed by atoms with Crippen molar-refractivity contribution >= 4 is 11.6 Å². The molecule has 3 heteroatoms. The molecule has 1 saturated carbocycles. The molecule has 0 aromatic heterocycles. The minimum absolute atomic E-state index is 0.183. The Hall–Kier alpha value is -1.51. The summed E-state index contributed by atoms with van der Waals surface area (Å²) in [6.45, 7) is 0.977. The molecule has 0 atom stereocenters. The molecule has 1 aromatic carbocycles. The number of anilines is 1. The van der Waals surface area contributed by atoms with Crippen LogP contribution < -0.4 is 5.32 Å². The number of nitrogens with one attached hydrogen (secondary N) is 1. The van der Waals surface area contributed by atoms with E-state index in [1.165, 1.54) is 24.8 Å². The van der Waals surface area contributed by atoms with Crippen molar-refractivity contribution < 1.29 is 4.79 Å². The summed E-state index contributed by atoms with van der Waals surface area (Å²) < 4.78 is 0. The van der Waals surface area contributed by atoms with Gasteiger partial charge < -0.3 is 10.2 Å². The van der Waals surface area contributed by atoms with Crippen molar-refractivity contribution in [1.29, 1.82) is 0 Å². The van der Waals surface area contributed by atoms with Gasteiger partial charge in [-0.05, 0) is 37.3 Å². The second-order valence-corrected chi connectivity index (χ2v) is 6.08. The van der Waals surface area contributed by atoms with Gasteiger partial charge in [-0.25, -0.2) is 0 Å². The second-order valence-electron chi connectivity index (χ2n) is 6.08. The van der Waals surface area contributed by atoms with Crippen LogP contribution in [0.1, 0.15) is 54.4 Å². The van der Waals surface area contributed by atoms with Crippen LogP contribution in [0.5, 0.6) is 0 Å². The normalized spacial score (nSPS) is 19.1. The van der Waals surface area contributed by atoms with Gasteiger partial charge in [0.2, 0.25) is 0 Å². The topological polar surface area (TPSA) is 32.3 Å². The van der Waals surface area contributed by atoms with Gasteiger partial charge in [-0.3, -0.25) is 4.79 Å². The standard InChI is InChI=1S/C17H24N2O/c1-19(14-9-3-2-4-10-14)17(20)15-11-5-7-13-8-6-12-18-16(13)15/h5,7,11,14,18H,2-4,6,8-10,12H2,1H3. The van der Waals surface area contributed by atoms with E-state index in [2.05, 4.69) is 11.4 Å². The predicted molar refractivity (Wildman–Crippen MR) is 82.2 cm³/mol.